The average Bonchev–Trinajstić information content (AvgIpc) is 2.77. The molecule has 0 saturated carbocycles. The minimum absolute atomic E-state index is 0.348. The molecule has 0 spiro atoms. The number of rotatable bonds is 9. The van der Waals surface area contributed by atoms with Crippen LogP contribution in [-0.2, 0) is 22.7 Å². The Hall–Kier alpha value is -3.53. The van der Waals surface area contributed by atoms with E-state index >= 15 is 0 Å². The van der Waals surface area contributed by atoms with Crippen LogP contribution in [0.3, 0.4) is 0 Å². The molecule has 0 aliphatic rings. The van der Waals surface area contributed by atoms with E-state index in [9.17, 15) is 4.79 Å². The first-order valence-electron chi connectivity index (χ1n) is 9.57. The molecular formula is C25H24O4. The lowest BCUT2D eigenvalue weighted by molar-refractivity contribution is -0.137. The van der Waals surface area contributed by atoms with Gasteiger partial charge in [0.15, 0.2) is 11.5 Å². The largest absolute Gasteiger partial charge is 0.485 e. The maximum atomic E-state index is 11.6. The van der Waals surface area contributed by atoms with Gasteiger partial charge in [-0.15, -0.1) is 0 Å². The van der Waals surface area contributed by atoms with Crippen molar-refractivity contribution < 1.29 is 19.0 Å². The Morgan fingerprint density at radius 2 is 1.38 bits per heavy atom. The van der Waals surface area contributed by atoms with Crippen LogP contribution in [0.2, 0.25) is 0 Å². The van der Waals surface area contributed by atoms with Crippen LogP contribution in [0.1, 0.15) is 23.6 Å². The van der Waals surface area contributed by atoms with Crippen LogP contribution in [0.4, 0.5) is 0 Å². The van der Waals surface area contributed by atoms with Crippen molar-refractivity contribution in [3.05, 3.63) is 102 Å². The second kappa shape index (κ2) is 10.7. The topological polar surface area (TPSA) is 44.8 Å². The second-order valence-electron chi connectivity index (χ2n) is 6.34. The fourth-order valence-corrected chi connectivity index (χ4v) is 2.69. The molecule has 0 atom stereocenters. The summed E-state index contributed by atoms with van der Waals surface area (Å²) in [5, 5.41) is 0. The number of hydrogen-bond acceptors (Lipinski definition) is 4. The van der Waals surface area contributed by atoms with Crippen molar-refractivity contribution >= 4 is 12.0 Å². The maximum absolute atomic E-state index is 11.6. The lowest BCUT2D eigenvalue weighted by Crippen LogP contribution is -2.01. The fourth-order valence-electron chi connectivity index (χ4n) is 2.69. The van der Waals surface area contributed by atoms with Gasteiger partial charge in [-0.25, -0.2) is 4.79 Å². The zero-order valence-electron chi connectivity index (χ0n) is 16.4. The normalized spacial score (nSPS) is 10.7. The predicted molar refractivity (Wildman–Crippen MR) is 114 cm³/mol. The van der Waals surface area contributed by atoms with Crippen LogP contribution < -0.4 is 9.47 Å². The van der Waals surface area contributed by atoms with Gasteiger partial charge in [-0.2, -0.15) is 0 Å². The molecule has 0 bridgehead atoms. The molecule has 0 saturated heterocycles. The molecule has 0 aliphatic heterocycles. The summed E-state index contributed by atoms with van der Waals surface area (Å²) in [7, 11) is 0. The van der Waals surface area contributed by atoms with Gasteiger partial charge in [-0.1, -0.05) is 66.7 Å². The van der Waals surface area contributed by atoms with Crippen LogP contribution in [0.5, 0.6) is 11.5 Å². The first kappa shape index (κ1) is 20.2. The molecule has 148 valence electrons. The number of hydrogen-bond donors (Lipinski definition) is 0. The van der Waals surface area contributed by atoms with E-state index in [2.05, 4.69) is 0 Å². The summed E-state index contributed by atoms with van der Waals surface area (Å²) in [6, 6.07) is 25.5. The van der Waals surface area contributed by atoms with Gasteiger partial charge in [0.1, 0.15) is 13.2 Å². The Labute approximate surface area is 171 Å². The van der Waals surface area contributed by atoms with E-state index in [4.69, 9.17) is 14.2 Å². The summed E-state index contributed by atoms with van der Waals surface area (Å²) in [5.41, 5.74) is 2.97. The second-order valence-corrected chi connectivity index (χ2v) is 6.34. The zero-order valence-corrected chi connectivity index (χ0v) is 16.4. The number of ether oxygens (including phenoxy) is 3. The summed E-state index contributed by atoms with van der Waals surface area (Å²) >= 11 is 0. The van der Waals surface area contributed by atoms with Crippen LogP contribution >= 0.6 is 0 Å². The van der Waals surface area contributed by atoms with Crippen molar-refractivity contribution in [2.24, 2.45) is 0 Å². The molecule has 0 radical (unpaired) electrons. The monoisotopic (exact) mass is 388 g/mol. The highest BCUT2D eigenvalue weighted by molar-refractivity contribution is 5.87. The Morgan fingerprint density at radius 3 is 1.97 bits per heavy atom. The van der Waals surface area contributed by atoms with Gasteiger partial charge < -0.3 is 14.2 Å². The molecule has 0 aliphatic carbocycles. The van der Waals surface area contributed by atoms with Gasteiger partial charge in [0.25, 0.3) is 0 Å². The van der Waals surface area contributed by atoms with Gasteiger partial charge in [0, 0.05) is 6.08 Å². The molecule has 3 aromatic carbocycles. The van der Waals surface area contributed by atoms with E-state index in [1.807, 2.05) is 78.9 Å². The van der Waals surface area contributed by atoms with Gasteiger partial charge in [0.05, 0.1) is 6.61 Å². The molecule has 0 heterocycles. The molecule has 0 fully saturated rings. The van der Waals surface area contributed by atoms with Crippen molar-refractivity contribution in [2.45, 2.75) is 20.1 Å². The number of esters is 1. The maximum Gasteiger partial charge on any atom is 0.330 e. The Kier molecular flexibility index (Phi) is 7.47. The molecule has 0 unspecified atom stereocenters. The van der Waals surface area contributed by atoms with Crippen molar-refractivity contribution in [3.8, 4) is 11.5 Å². The van der Waals surface area contributed by atoms with Crippen LogP contribution in [0.15, 0.2) is 84.9 Å². The molecule has 0 N–H and O–H groups in total. The number of benzene rings is 3. The molecule has 4 heteroatoms. The van der Waals surface area contributed by atoms with Gasteiger partial charge in [-0.3, -0.25) is 0 Å². The number of carbonyl (C=O) groups is 1. The first-order valence-corrected chi connectivity index (χ1v) is 9.57. The van der Waals surface area contributed by atoms with E-state index in [0.717, 1.165) is 16.7 Å². The third-order valence-corrected chi connectivity index (χ3v) is 4.14. The van der Waals surface area contributed by atoms with Gasteiger partial charge in [0.2, 0.25) is 0 Å². The van der Waals surface area contributed by atoms with E-state index in [-0.39, 0.29) is 5.97 Å². The van der Waals surface area contributed by atoms with E-state index in [0.29, 0.717) is 31.3 Å². The van der Waals surface area contributed by atoms with E-state index in [1.165, 1.54) is 6.08 Å². The highest BCUT2D eigenvalue weighted by atomic mass is 16.5. The summed E-state index contributed by atoms with van der Waals surface area (Å²) in [6.07, 6.45) is 3.11. The summed E-state index contributed by atoms with van der Waals surface area (Å²) < 4.78 is 17.0. The third kappa shape index (κ3) is 6.54. The SMILES string of the molecule is CCOC(=O)/C=C/c1ccc(OCc2ccccc2)c(OCc2ccccc2)c1. The molecule has 0 aromatic heterocycles. The molecule has 29 heavy (non-hydrogen) atoms. The third-order valence-electron chi connectivity index (χ3n) is 4.14. The molecule has 0 amide bonds. The molecular weight excluding hydrogens is 364 g/mol. The number of carbonyl (C=O) groups excluding carboxylic acids is 1. The standard InChI is InChI=1S/C25H24O4/c1-2-27-25(26)16-14-20-13-15-23(28-18-21-9-5-3-6-10-21)24(17-20)29-19-22-11-7-4-8-12-22/h3-17H,2,18-19H2,1H3/b16-14+. The summed E-state index contributed by atoms with van der Waals surface area (Å²) in [5.74, 6) is 0.900. The van der Waals surface area contributed by atoms with Crippen molar-refractivity contribution in [3.63, 3.8) is 0 Å². The van der Waals surface area contributed by atoms with Crippen LogP contribution in [0.25, 0.3) is 6.08 Å². The molecule has 4 nitrogen and oxygen atoms in total. The Balaban J connectivity index is 1.76. The molecule has 3 aromatic rings. The highest BCUT2D eigenvalue weighted by Crippen LogP contribution is 2.30. The van der Waals surface area contributed by atoms with Crippen LogP contribution in [0, 0.1) is 0 Å². The molecule has 3 rings (SSSR count). The van der Waals surface area contributed by atoms with Gasteiger partial charge >= 0.3 is 5.97 Å². The van der Waals surface area contributed by atoms with E-state index < -0.39 is 0 Å². The first-order chi connectivity index (χ1) is 14.2. The van der Waals surface area contributed by atoms with Crippen molar-refractivity contribution in [1.82, 2.24) is 0 Å². The quantitative estimate of drug-likeness (QED) is 0.363. The van der Waals surface area contributed by atoms with Crippen LogP contribution in [-0.4, -0.2) is 12.6 Å². The Morgan fingerprint density at radius 1 is 0.793 bits per heavy atom. The highest BCUT2D eigenvalue weighted by Gasteiger charge is 2.08. The van der Waals surface area contributed by atoms with Crippen molar-refractivity contribution in [2.75, 3.05) is 6.61 Å². The Bertz CT molecular complexity index is 934. The summed E-state index contributed by atoms with van der Waals surface area (Å²) in [6.45, 7) is 3.00. The minimum atomic E-state index is -0.372. The average molecular weight is 388 g/mol. The fraction of sp³-hybridized carbons (Fsp3) is 0.160. The lowest BCUT2D eigenvalue weighted by atomic mass is 10.2. The summed E-state index contributed by atoms with van der Waals surface area (Å²) in [4.78, 5) is 11.6. The van der Waals surface area contributed by atoms with E-state index in [1.54, 1.807) is 13.0 Å². The van der Waals surface area contributed by atoms with Crippen molar-refractivity contribution in [1.29, 1.82) is 0 Å². The smallest absolute Gasteiger partial charge is 0.330 e. The zero-order chi connectivity index (χ0) is 20.3. The lowest BCUT2D eigenvalue weighted by Gasteiger charge is -2.14. The van der Waals surface area contributed by atoms with Gasteiger partial charge in [-0.05, 0) is 41.8 Å². The minimum Gasteiger partial charge on any atom is -0.485 e. The predicted octanol–water partition coefficient (Wildman–Crippen LogP) is 5.42.